The van der Waals surface area contributed by atoms with Crippen molar-refractivity contribution in [2.45, 2.75) is 6.04 Å². The maximum Gasteiger partial charge on any atom is 0.282 e. The van der Waals surface area contributed by atoms with Gasteiger partial charge >= 0.3 is 0 Å². The molecule has 8 heteroatoms. The number of amides is 1. The molecule has 0 fully saturated rings. The molecular formula is C23H20ClN4O3+. The minimum absolute atomic E-state index is 0.188. The van der Waals surface area contributed by atoms with Crippen LogP contribution in [0.15, 0.2) is 78.9 Å². The molecule has 3 aromatic carbocycles. The number of carbonyl (C=O) groups excluding carboxylic acids is 1. The van der Waals surface area contributed by atoms with Crippen molar-refractivity contribution in [3.05, 3.63) is 111 Å². The van der Waals surface area contributed by atoms with Gasteiger partial charge in [0.2, 0.25) is 17.6 Å². The molecule has 1 heterocycles. The fourth-order valence-corrected chi connectivity index (χ4v) is 3.93. The third-order valence-corrected chi connectivity index (χ3v) is 5.46. The number of nitrogens with zero attached hydrogens (tertiary/aromatic N) is 4. The van der Waals surface area contributed by atoms with Crippen molar-refractivity contribution in [1.29, 1.82) is 0 Å². The summed E-state index contributed by atoms with van der Waals surface area (Å²) in [6.45, 7) is -0.188. The second-order valence-electron chi connectivity index (χ2n) is 7.16. The zero-order chi connectivity index (χ0) is 22.0. The Labute approximate surface area is 184 Å². The van der Waals surface area contributed by atoms with Crippen LogP contribution in [0.1, 0.15) is 22.7 Å². The van der Waals surface area contributed by atoms with Crippen molar-refractivity contribution in [3.8, 4) is 0 Å². The summed E-state index contributed by atoms with van der Waals surface area (Å²) in [4.78, 5) is 27.6. The van der Waals surface area contributed by atoms with Crippen molar-refractivity contribution >= 4 is 29.4 Å². The molecule has 1 atom stereocenters. The highest BCUT2D eigenvalue weighted by molar-refractivity contribution is 6.30. The molecule has 31 heavy (non-hydrogen) atoms. The first-order valence-electron chi connectivity index (χ1n) is 9.66. The molecule has 7 nitrogen and oxygen atoms in total. The monoisotopic (exact) mass is 435 g/mol. The van der Waals surface area contributed by atoms with E-state index in [0.717, 1.165) is 10.4 Å². The first kappa shape index (κ1) is 20.6. The average molecular weight is 436 g/mol. The molecule has 0 saturated carbocycles. The van der Waals surface area contributed by atoms with Crippen LogP contribution in [0.5, 0.6) is 0 Å². The first-order valence-corrected chi connectivity index (χ1v) is 10.0. The minimum atomic E-state index is -0.603. The lowest BCUT2D eigenvalue weighted by Gasteiger charge is -2.20. The molecule has 3 aromatic rings. The summed E-state index contributed by atoms with van der Waals surface area (Å²) in [6, 6.07) is 23.0. The Morgan fingerprint density at radius 1 is 1.03 bits per heavy atom. The van der Waals surface area contributed by atoms with Gasteiger partial charge in [-0.25, -0.2) is 0 Å². The number of likely N-dealkylation sites (N-methyl/N-ethyl adjacent to an activating group) is 1. The van der Waals surface area contributed by atoms with E-state index in [0.29, 0.717) is 21.8 Å². The Balaban J connectivity index is 1.97. The molecule has 0 radical (unpaired) electrons. The number of hydrazone groups is 2. The van der Waals surface area contributed by atoms with Gasteiger partial charge in [0.1, 0.15) is 0 Å². The Bertz CT molecular complexity index is 1150. The third-order valence-electron chi connectivity index (χ3n) is 5.22. The lowest BCUT2D eigenvalue weighted by Crippen LogP contribution is -2.46. The first-order chi connectivity index (χ1) is 15.0. The maximum absolute atomic E-state index is 13.0. The number of nitro groups is 1. The lowest BCUT2D eigenvalue weighted by molar-refractivity contribution is -1.16. The Hall–Kier alpha value is -3.71. The average Bonchev–Trinajstić information content (AvgIpc) is 2.87. The van der Waals surface area contributed by atoms with Gasteiger partial charge in [-0.1, -0.05) is 60.1 Å². The van der Waals surface area contributed by atoms with Crippen LogP contribution in [0.25, 0.3) is 0 Å². The van der Waals surface area contributed by atoms with E-state index in [-0.39, 0.29) is 12.5 Å². The quantitative estimate of drug-likeness (QED) is 0.269. The number of hydrazine groups is 2. The summed E-state index contributed by atoms with van der Waals surface area (Å²) >= 11 is 6.31. The van der Waals surface area contributed by atoms with Crippen molar-refractivity contribution in [2.75, 3.05) is 18.5 Å². The maximum atomic E-state index is 13.0. The van der Waals surface area contributed by atoms with Crippen LogP contribution in [-0.4, -0.2) is 40.5 Å². The van der Waals surface area contributed by atoms with Crippen LogP contribution in [0, 0.1) is 10.1 Å². The van der Waals surface area contributed by atoms with Crippen LogP contribution in [0.3, 0.4) is 0 Å². The molecule has 1 amide bonds. The van der Waals surface area contributed by atoms with Gasteiger partial charge in [0, 0.05) is 28.8 Å². The van der Waals surface area contributed by atoms with Crippen molar-refractivity contribution in [1.82, 2.24) is 5.01 Å². The van der Waals surface area contributed by atoms with Gasteiger partial charge in [0.25, 0.3) is 12.1 Å². The standard InChI is InChI=1S/C23H20ClN4O3/c1-25-21-13-12-19(24)14-20(21)23(18-10-6-3-7-11-18)26(16-22(25)29)27(28(30)31)15-17-8-4-2-5-9-17/h2-15,23H,16H2,1H3/q+1. The number of fused-ring (bicyclic) bond motifs is 1. The number of benzene rings is 3. The second-order valence-corrected chi connectivity index (χ2v) is 7.60. The van der Waals surface area contributed by atoms with Gasteiger partial charge in [-0.3, -0.25) is 4.79 Å². The Morgan fingerprint density at radius 2 is 1.68 bits per heavy atom. The number of anilines is 1. The molecule has 0 saturated heterocycles. The number of hydrogen-bond donors (Lipinski definition) is 0. The molecule has 0 N–H and O–H groups in total. The van der Waals surface area contributed by atoms with Crippen molar-refractivity contribution < 1.29 is 14.6 Å². The van der Waals surface area contributed by atoms with Gasteiger partial charge in [-0.15, -0.1) is 0 Å². The molecule has 0 aromatic heterocycles. The molecule has 1 aliphatic rings. The molecule has 156 valence electrons. The molecule has 1 unspecified atom stereocenters. The number of hydrogen-bond acceptors (Lipinski definition) is 4. The summed E-state index contributed by atoms with van der Waals surface area (Å²) in [5.41, 5.74) is 2.82. The minimum Gasteiger partial charge on any atom is -0.311 e. The summed E-state index contributed by atoms with van der Waals surface area (Å²) in [5, 5.41) is 13.6. The van der Waals surface area contributed by atoms with E-state index >= 15 is 0 Å². The van der Waals surface area contributed by atoms with E-state index in [9.17, 15) is 14.9 Å². The number of carbonyl (C=O) groups is 1. The molecule has 1 aliphatic heterocycles. The molecule has 0 spiro atoms. The van der Waals surface area contributed by atoms with Gasteiger partial charge < -0.3 is 15.0 Å². The van der Waals surface area contributed by atoms with E-state index in [1.165, 1.54) is 16.1 Å². The molecule has 0 bridgehead atoms. The van der Waals surface area contributed by atoms with E-state index in [2.05, 4.69) is 0 Å². The highest BCUT2D eigenvalue weighted by Crippen LogP contribution is 2.39. The molecule has 0 aliphatic carbocycles. The molecular weight excluding hydrogens is 416 g/mol. The van der Waals surface area contributed by atoms with Crippen molar-refractivity contribution in [2.24, 2.45) is 0 Å². The van der Waals surface area contributed by atoms with Crippen LogP contribution >= 0.6 is 11.6 Å². The third kappa shape index (κ3) is 4.13. The summed E-state index contributed by atoms with van der Waals surface area (Å²) in [6.07, 6.45) is 1.42. The number of rotatable bonds is 4. The van der Waals surface area contributed by atoms with E-state index in [1.54, 1.807) is 49.5 Å². The highest BCUT2D eigenvalue weighted by atomic mass is 35.5. The van der Waals surface area contributed by atoms with Gasteiger partial charge in [-0.05, 0) is 35.3 Å². The van der Waals surface area contributed by atoms with Gasteiger partial charge in [0.15, 0.2) is 4.79 Å². The summed E-state index contributed by atoms with van der Waals surface area (Å²) in [5.74, 6) is -0.268. The van der Waals surface area contributed by atoms with E-state index in [1.807, 2.05) is 36.4 Å². The van der Waals surface area contributed by atoms with Crippen molar-refractivity contribution in [3.63, 3.8) is 0 Å². The summed E-state index contributed by atoms with van der Waals surface area (Å²) in [7, 11) is 1.66. The zero-order valence-corrected chi connectivity index (χ0v) is 17.5. The molecule has 4 rings (SSSR count). The SMILES string of the molecule is CN1C(=O)CN([N+](=Cc2ccccc2)[N+](=O)[O-])C(c2ccccc2)c2cc(Cl)ccc21. The van der Waals surface area contributed by atoms with Crippen LogP contribution in [-0.2, 0) is 4.79 Å². The topological polar surface area (TPSA) is 69.7 Å². The zero-order valence-electron chi connectivity index (χ0n) is 16.8. The van der Waals surface area contributed by atoms with Crippen LogP contribution in [0.4, 0.5) is 5.69 Å². The fourth-order valence-electron chi connectivity index (χ4n) is 3.75. The second kappa shape index (κ2) is 8.57. The van der Waals surface area contributed by atoms with Gasteiger partial charge in [0.05, 0.1) is 5.69 Å². The van der Waals surface area contributed by atoms with E-state index < -0.39 is 11.1 Å². The summed E-state index contributed by atoms with van der Waals surface area (Å²) < 4.78 is 0. The fraction of sp³-hybridized carbons (Fsp3) is 0.130. The Morgan fingerprint density at radius 3 is 2.32 bits per heavy atom. The van der Waals surface area contributed by atoms with E-state index in [4.69, 9.17) is 11.6 Å². The van der Waals surface area contributed by atoms with Crippen LogP contribution < -0.4 is 4.90 Å². The Kier molecular flexibility index (Phi) is 5.68. The normalized spacial score (nSPS) is 16.6. The lowest BCUT2D eigenvalue weighted by atomic mass is 9.96. The largest absolute Gasteiger partial charge is 0.311 e. The predicted octanol–water partition coefficient (Wildman–Crippen LogP) is 3.95. The number of halogens is 1. The highest BCUT2D eigenvalue weighted by Gasteiger charge is 2.45. The smallest absolute Gasteiger partial charge is 0.282 e. The van der Waals surface area contributed by atoms with Crippen LogP contribution in [0.2, 0.25) is 5.02 Å². The van der Waals surface area contributed by atoms with Gasteiger partial charge in [-0.2, -0.15) is 0 Å². The predicted molar refractivity (Wildman–Crippen MR) is 119 cm³/mol.